The lowest BCUT2D eigenvalue weighted by Gasteiger charge is -2.29. The summed E-state index contributed by atoms with van der Waals surface area (Å²) in [5.74, 6) is -1.10. The molecule has 0 aromatic heterocycles. The quantitative estimate of drug-likeness (QED) is 0.855. The molecule has 0 aliphatic carbocycles. The highest BCUT2D eigenvalue weighted by molar-refractivity contribution is 5.87. The van der Waals surface area contributed by atoms with Gasteiger partial charge in [0.1, 0.15) is 5.54 Å². The van der Waals surface area contributed by atoms with Gasteiger partial charge >= 0.3 is 5.97 Å². The number of carboxylic acids is 1. The molecule has 2 rings (SSSR count). The van der Waals surface area contributed by atoms with Crippen LogP contribution < -0.4 is 5.32 Å². The second-order valence-corrected chi connectivity index (χ2v) is 4.80. The predicted molar refractivity (Wildman–Crippen MR) is 67.1 cm³/mol. The first-order chi connectivity index (χ1) is 8.62. The number of benzene rings is 1. The van der Waals surface area contributed by atoms with Crippen LogP contribution in [-0.2, 0) is 16.0 Å². The Morgan fingerprint density at radius 3 is 2.67 bits per heavy atom. The number of nitrogens with one attached hydrogen (secondary N) is 1. The maximum Gasteiger partial charge on any atom is 0.329 e. The highest BCUT2D eigenvalue weighted by Gasteiger charge is 2.40. The monoisotopic (exact) mass is 247 g/mol. The molecule has 1 aliphatic heterocycles. The van der Waals surface area contributed by atoms with Crippen molar-refractivity contribution in [1.29, 1.82) is 0 Å². The van der Waals surface area contributed by atoms with Crippen molar-refractivity contribution in [2.24, 2.45) is 0 Å². The molecule has 2 N–H and O–H groups in total. The third kappa shape index (κ3) is 2.70. The Morgan fingerprint density at radius 1 is 1.28 bits per heavy atom. The first-order valence-corrected chi connectivity index (χ1v) is 6.21. The molecule has 1 aromatic carbocycles. The number of rotatable bonds is 3. The van der Waals surface area contributed by atoms with Gasteiger partial charge in [0.25, 0.3) is 0 Å². The van der Waals surface area contributed by atoms with Gasteiger partial charge in [-0.1, -0.05) is 30.3 Å². The lowest BCUT2D eigenvalue weighted by molar-refractivity contribution is -0.147. The van der Waals surface area contributed by atoms with Gasteiger partial charge in [-0.15, -0.1) is 0 Å². The number of carbonyl (C=O) groups is 2. The molecule has 1 fully saturated rings. The maximum atomic E-state index is 11.6. The molecule has 4 nitrogen and oxygen atoms in total. The molecule has 1 saturated heterocycles. The Labute approximate surface area is 106 Å². The van der Waals surface area contributed by atoms with Gasteiger partial charge < -0.3 is 10.4 Å². The topological polar surface area (TPSA) is 66.4 Å². The molecular weight excluding hydrogens is 230 g/mol. The second-order valence-electron chi connectivity index (χ2n) is 4.80. The minimum atomic E-state index is -1.14. The van der Waals surface area contributed by atoms with Crippen molar-refractivity contribution in [3.8, 4) is 0 Å². The van der Waals surface area contributed by atoms with E-state index < -0.39 is 11.5 Å². The van der Waals surface area contributed by atoms with E-state index in [9.17, 15) is 14.7 Å². The summed E-state index contributed by atoms with van der Waals surface area (Å²) in [6.07, 6.45) is 2.77. The van der Waals surface area contributed by atoms with Crippen LogP contribution in [0.5, 0.6) is 0 Å². The molecule has 0 bridgehead atoms. The molecule has 0 spiro atoms. The van der Waals surface area contributed by atoms with Crippen LogP contribution in [0.3, 0.4) is 0 Å². The Kier molecular flexibility index (Phi) is 3.65. The van der Waals surface area contributed by atoms with E-state index in [1.807, 2.05) is 30.3 Å². The minimum Gasteiger partial charge on any atom is -0.479 e. The van der Waals surface area contributed by atoms with Crippen LogP contribution in [0.15, 0.2) is 30.3 Å². The van der Waals surface area contributed by atoms with E-state index in [0.717, 1.165) is 18.4 Å². The van der Waals surface area contributed by atoms with Crippen LogP contribution in [0.1, 0.15) is 31.2 Å². The predicted octanol–water partition coefficient (Wildman–Crippen LogP) is 1.74. The molecule has 18 heavy (non-hydrogen) atoms. The van der Waals surface area contributed by atoms with Gasteiger partial charge in [-0.3, -0.25) is 4.79 Å². The summed E-state index contributed by atoms with van der Waals surface area (Å²) in [4.78, 5) is 23.2. The third-order valence-corrected chi connectivity index (χ3v) is 3.39. The normalized spacial score (nSPS) is 24.1. The fourth-order valence-electron chi connectivity index (χ4n) is 2.42. The summed E-state index contributed by atoms with van der Waals surface area (Å²) in [7, 11) is 0. The highest BCUT2D eigenvalue weighted by atomic mass is 16.4. The first kappa shape index (κ1) is 12.6. The smallest absolute Gasteiger partial charge is 0.329 e. The summed E-state index contributed by atoms with van der Waals surface area (Å²) >= 11 is 0. The van der Waals surface area contributed by atoms with Crippen LogP contribution in [-0.4, -0.2) is 22.5 Å². The van der Waals surface area contributed by atoms with Crippen molar-refractivity contribution >= 4 is 11.9 Å². The van der Waals surface area contributed by atoms with Gasteiger partial charge in [-0.05, 0) is 24.8 Å². The van der Waals surface area contributed by atoms with Crippen molar-refractivity contribution in [3.05, 3.63) is 35.9 Å². The molecule has 1 unspecified atom stereocenters. The molecule has 4 heteroatoms. The van der Waals surface area contributed by atoms with Gasteiger partial charge in [0.2, 0.25) is 5.91 Å². The summed E-state index contributed by atoms with van der Waals surface area (Å²) in [6.45, 7) is 0. The number of amides is 1. The van der Waals surface area contributed by atoms with Crippen molar-refractivity contribution in [3.63, 3.8) is 0 Å². The average Bonchev–Trinajstić information content (AvgIpc) is 2.53. The number of carboxylic acid groups (broad SMARTS) is 1. The minimum absolute atomic E-state index is 0.161. The fourth-order valence-corrected chi connectivity index (χ4v) is 2.42. The van der Waals surface area contributed by atoms with Crippen molar-refractivity contribution < 1.29 is 14.7 Å². The van der Waals surface area contributed by atoms with Crippen LogP contribution in [0, 0.1) is 0 Å². The summed E-state index contributed by atoms with van der Waals surface area (Å²) < 4.78 is 0. The Morgan fingerprint density at radius 2 is 2.00 bits per heavy atom. The standard InChI is InChI=1S/C14H17NO3/c16-12-8-4-5-9-14(15-12,13(17)18)10-11-6-2-1-3-7-11/h1-3,6-7H,4-5,8-10H2,(H,15,16)(H,17,18). The first-order valence-electron chi connectivity index (χ1n) is 6.21. The molecule has 1 aliphatic rings. The number of aliphatic carboxylic acids is 1. The lowest BCUT2D eigenvalue weighted by atomic mass is 9.86. The molecule has 1 aromatic rings. The number of hydrogen-bond donors (Lipinski definition) is 2. The fraction of sp³-hybridized carbons (Fsp3) is 0.429. The zero-order chi connectivity index (χ0) is 13.0. The Bertz CT molecular complexity index is 444. The molecule has 0 radical (unpaired) electrons. The largest absolute Gasteiger partial charge is 0.479 e. The van der Waals surface area contributed by atoms with Crippen LogP contribution in [0.2, 0.25) is 0 Å². The zero-order valence-corrected chi connectivity index (χ0v) is 10.2. The van der Waals surface area contributed by atoms with Gasteiger partial charge in [0, 0.05) is 12.8 Å². The molecule has 1 heterocycles. The lowest BCUT2D eigenvalue weighted by Crippen LogP contribution is -2.55. The van der Waals surface area contributed by atoms with E-state index in [1.54, 1.807) is 0 Å². The van der Waals surface area contributed by atoms with E-state index in [2.05, 4.69) is 5.32 Å². The third-order valence-electron chi connectivity index (χ3n) is 3.39. The zero-order valence-electron chi connectivity index (χ0n) is 10.2. The summed E-state index contributed by atoms with van der Waals surface area (Å²) in [6, 6.07) is 9.43. The summed E-state index contributed by atoms with van der Waals surface area (Å²) in [5.41, 5.74) is -0.211. The average molecular weight is 247 g/mol. The molecule has 1 amide bonds. The molecular formula is C14H17NO3. The second kappa shape index (κ2) is 5.21. The van der Waals surface area contributed by atoms with Crippen molar-refractivity contribution in [1.82, 2.24) is 5.32 Å². The van der Waals surface area contributed by atoms with Crippen molar-refractivity contribution in [2.45, 2.75) is 37.6 Å². The number of carbonyl (C=O) groups excluding carboxylic acids is 1. The van der Waals surface area contributed by atoms with Gasteiger partial charge in [0.05, 0.1) is 0 Å². The van der Waals surface area contributed by atoms with Crippen molar-refractivity contribution in [2.75, 3.05) is 0 Å². The number of hydrogen-bond acceptors (Lipinski definition) is 2. The Hall–Kier alpha value is -1.84. The van der Waals surface area contributed by atoms with Gasteiger partial charge in [-0.2, -0.15) is 0 Å². The van der Waals surface area contributed by atoms with E-state index in [4.69, 9.17) is 0 Å². The van der Waals surface area contributed by atoms with E-state index in [0.29, 0.717) is 19.3 Å². The van der Waals surface area contributed by atoms with E-state index >= 15 is 0 Å². The van der Waals surface area contributed by atoms with Gasteiger partial charge in [0.15, 0.2) is 0 Å². The van der Waals surface area contributed by atoms with Crippen LogP contribution in [0.4, 0.5) is 0 Å². The van der Waals surface area contributed by atoms with Crippen LogP contribution in [0.25, 0.3) is 0 Å². The Balaban J connectivity index is 2.26. The highest BCUT2D eigenvalue weighted by Crippen LogP contribution is 2.24. The van der Waals surface area contributed by atoms with Gasteiger partial charge in [-0.25, -0.2) is 4.79 Å². The molecule has 96 valence electrons. The maximum absolute atomic E-state index is 11.6. The SMILES string of the molecule is O=C1CCCCC(Cc2ccccc2)(C(=O)O)N1. The summed E-state index contributed by atoms with van der Waals surface area (Å²) in [5, 5.41) is 12.2. The van der Waals surface area contributed by atoms with E-state index in [-0.39, 0.29) is 5.91 Å². The van der Waals surface area contributed by atoms with Crippen LogP contribution >= 0.6 is 0 Å². The molecule has 1 atom stereocenters. The van der Waals surface area contributed by atoms with E-state index in [1.165, 1.54) is 0 Å². The molecule has 0 saturated carbocycles.